The van der Waals surface area contributed by atoms with Gasteiger partial charge in [0.05, 0.1) is 18.3 Å². The van der Waals surface area contributed by atoms with Crippen LogP contribution in [0.2, 0.25) is 0 Å². The van der Waals surface area contributed by atoms with Gasteiger partial charge in [-0.1, -0.05) is 6.07 Å². The maximum absolute atomic E-state index is 14.7. The van der Waals surface area contributed by atoms with E-state index in [1.807, 2.05) is 0 Å². The van der Waals surface area contributed by atoms with E-state index in [2.05, 4.69) is 15.3 Å². The number of ether oxygens (including phenoxy) is 2. The van der Waals surface area contributed by atoms with E-state index in [9.17, 15) is 36.6 Å². The average Bonchev–Trinajstić information content (AvgIpc) is 3.75. The van der Waals surface area contributed by atoms with Crippen LogP contribution >= 0.6 is 0 Å². The van der Waals surface area contributed by atoms with Crippen molar-refractivity contribution in [3.8, 4) is 22.8 Å². The molecule has 9 nitrogen and oxygen atoms in total. The van der Waals surface area contributed by atoms with Crippen LogP contribution in [0.25, 0.3) is 22.2 Å². The van der Waals surface area contributed by atoms with Crippen LogP contribution in [0.4, 0.5) is 22.0 Å². The summed E-state index contributed by atoms with van der Waals surface area (Å²) in [6, 6.07) is 11.2. The summed E-state index contributed by atoms with van der Waals surface area (Å²) in [7, 11) is 0. The van der Waals surface area contributed by atoms with Crippen LogP contribution < -0.4 is 20.5 Å². The maximum atomic E-state index is 14.7. The summed E-state index contributed by atoms with van der Waals surface area (Å²) in [6.07, 6.45) is -2.36. The lowest BCUT2D eigenvalue weighted by Gasteiger charge is -2.31. The van der Waals surface area contributed by atoms with E-state index in [4.69, 9.17) is 15.2 Å². The summed E-state index contributed by atoms with van der Waals surface area (Å²) in [5.41, 5.74) is -1.86. The lowest BCUT2D eigenvalue weighted by molar-refractivity contribution is -0.265. The first kappa shape index (κ1) is 30.2. The van der Waals surface area contributed by atoms with Crippen molar-refractivity contribution in [3.63, 3.8) is 0 Å². The lowest BCUT2D eigenvalue weighted by Crippen LogP contribution is -2.52. The Labute approximate surface area is 252 Å². The number of nitrogens with zero attached hydrogens (tertiary/aromatic N) is 2. The van der Waals surface area contributed by atoms with E-state index < -0.39 is 60.3 Å². The van der Waals surface area contributed by atoms with Crippen LogP contribution in [-0.2, 0) is 15.8 Å². The minimum Gasteiger partial charge on any atom is -0.489 e. The van der Waals surface area contributed by atoms with Gasteiger partial charge >= 0.3 is 6.18 Å². The van der Waals surface area contributed by atoms with Gasteiger partial charge in [-0.2, -0.15) is 13.2 Å². The molecule has 0 spiro atoms. The molecule has 1 aliphatic carbocycles. The fourth-order valence-electron chi connectivity index (χ4n) is 5.10. The fraction of sp³-hybridized carbons (Fsp3) is 0.290. The van der Waals surface area contributed by atoms with Gasteiger partial charge in [0.1, 0.15) is 47.2 Å². The molecule has 2 aliphatic rings. The van der Waals surface area contributed by atoms with Crippen molar-refractivity contribution in [3.05, 3.63) is 83.4 Å². The predicted molar refractivity (Wildman–Crippen MR) is 150 cm³/mol. The van der Waals surface area contributed by atoms with Crippen molar-refractivity contribution in [1.82, 2.24) is 15.3 Å². The number of pyridine rings is 2. The molecule has 2 aromatic carbocycles. The molecule has 6 rings (SSSR count). The quantitative estimate of drug-likeness (QED) is 0.236. The van der Waals surface area contributed by atoms with Crippen molar-refractivity contribution < 1.29 is 46.1 Å². The Kier molecular flexibility index (Phi) is 7.34. The molecular formula is C31H25F5N4O5. The Bertz CT molecular complexity index is 1820. The zero-order valence-electron chi connectivity index (χ0n) is 23.3. The molecule has 0 saturated heterocycles. The highest BCUT2D eigenvalue weighted by molar-refractivity contribution is 6.00. The highest BCUT2D eigenvalue weighted by atomic mass is 19.4. The van der Waals surface area contributed by atoms with E-state index in [1.165, 1.54) is 30.5 Å². The number of nitrogens with one attached hydrogen (secondary N) is 1. The molecular weight excluding hydrogens is 603 g/mol. The monoisotopic (exact) mass is 628 g/mol. The number of nitrogens with two attached hydrogens (primary N) is 1. The minimum absolute atomic E-state index is 0.0511. The number of carbonyl (C=O) groups excluding carboxylic acids is 2. The van der Waals surface area contributed by atoms with Crippen molar-refractivity contribution in [2.45, 2.75) is 36.1 Å². The Morgan fingerprint density at radius 1 is 1.13 bits per heavy atom. The highest BCUT2D eigenvalue weighted by Gasteiger charge is 2.58. The van der Waals surface area contributed by atoms with E-state index >= 15 is 0 Å². The van der Waals surface area contributed by atoms with Gasteiger partial charge in [0.25, 0.3) is 5.91 Å². The number of fused-ring (bicyclic) bond motifs is 2. The third-order valence-corrected chi connectivity index (χ3v) is 7.92. The Morgan fingerprint density at radius 2 is 1.87 bits per heavy atom. The van der Waals surface area contributed by atoms with Gasteiger partial charge in [-0.3, -0.25) is 14.6 Å². The van der Waals surface area contributed by atoms with Crippen molar-refractivity contribution in [1.29, 1.82) is 0 Å². The number of halogens is 5. The second-order valence-electron chi connectivity index (χ2n) is 11.0. The number of aliphatic hydroxyl groups is 1. The Morgan fingerprint density at radius 3 is 2.51 bits per heavy atom. The van der Waals surface area contributed by atoms with Gasteiger partial charge in [0.15, 0.2) is 0 Å². The molecule has 2 atom stereocenters. The first-order valence-electron chi connectivity index (χ1n) is 13.8. The van der Waals surface area contributed by atoms with Gasteiger partial charge < -0.3 is 25.6 Å². The Hall–Kier alpha value is -4.85. The molecule has 2 amide bonds. The summed E-state index contributed by atoms with van der Waals surface area (Å²) in [4.78, 5) is 33.9. The zero-order chi connectivity index (χ0) is 32.1. The molecule has 0 radical (unpaired) electrons. The zero-order valence-corrected chi connectivity index (χ0v) is 23.3. The standard InChI is InChI=1S/C31H25F5N4O5/c32-13-29(28(37)42)15-44-26-21(29)12-23(40-25(26)16-3-5-19(33)6-4-16)30(43,31(34,35)36)14-39-27(41)18-10-17-2-1-9-38-24(17)22(11-18)45-20-7-8-20/h1-6,9-12,20,43H,7-8,13-15H2,(H2,37,42)(H,39,41)/t29-,30+/m1/s1. The third-order valence-electron chi connectivity index (χ3n) is 7.92. The molecule has 2 aromatic heterocycles. The Balaban J connectivity index is 1.41. The van der Waals surface area contributed by atoms with Crippen molar-refractivity contribution in [2.75, 3.05) is 19.8 Å². The number of aromatic nitrogens is 2. The first-order valence-corrected chi connectivity index (χ1v) is 13.8. The summed E-state index contributed by atoms with van der Waals surface area (Å²) in [6.45, 7) is -3.49. The van der Waals surface area contributed by atoms with Gasteiger partial charge in [0, 0.05) is 28.3 Å². The number of rotatable bonds is 9. The fourth-order valence-corrected chi connectivity index (χ4v) is 5.10. The third kappa shape index (κ3) is 5.28. The van der Waals surface area contributed by atoms with E-state index in [-0.39, 0.29) is 40.0 Å². The van der Waals surface area contributed by atoms with Crippen LogP contribution in [0.5, 0.6) is 11.5 Å². The lowest BCUT2D eigenvalue weighted by atomic mass is 9.81. The van der Waals surface area contributed by atoms with E-state index in [0.29, 0.717) is 17.0 Å². The first-order chi connectivity index (χ1) is 21.4. The molecule has 14 heteroatoms. The number of amides is 2. The topological polar surface area (TPSA) is 137 Å². The van der Waals surface area contributed by atoms with E-state index in [0.717, 1.165) is 25.0 Å². The van der Waals surface area contributed by atoms with Crippen LogP contribution in [0.3, 0.4) is 0 Å². The van der Waals surface area contributed by atoms with Gasteiger partial charge in [0.2, 0.25) is 11.5 Å². The molecule has 3 heterocycles. The molecule has 45 heavy (non-hydrogen) atoms. The molecule has 4 N–H and O–H groups in total. The molecule has 1 fully saturated rings. The largest absolute Gasteiger partial charge is 0.489 e. The molecule has 1 aliphatic heterocycles. The molecule has 0 bridgehead atoms. The van der Waals surface area contributed by atoms with Gasteiger partial charge in [-0.15, -0.1) is 0 Å². The highest BCUT2D eigenvalue weighted by Crippen LogP contribution is 2.48. The summed E-state index contributed by atoms with van der Waals surface area (Å²) < 4.78 is 83.6. The van der Waals surface area contributed by atoms with Crippen molar-refractivity contribution in [2.24, 2.45) is 5.73 Å². The predicted octanol–water partition coefficient (Wildman–Crippen LogP) is 4.24. The smallest absolute Gasteiger partial charge is 0.424 e. The van der Waals surface area contributed by atoms with E-state index in [1.54, 1.807) is 12.1 Å². The summed E-state index contributed by atoms with van der Waals surface area (Å²) in [5, 5.41) is 13.9. The number of hydrogen-bond donors (Lipinski definition) is 3. The minimum atomic E-state index is -5.44. The summed E-state index contributed by atoms with van der Waals surface area (Å²) >= 11 is 0. The van der Waals surface area contributed by atoms with Crippen molar-refractivity contribution >= 4 is 22.7 Å². The molecule has 4 aromatic rings. The maximum Gasteiger partial charge on any atom is 0.424 e. The molecule has 0 unspecified atom stereocenters. The number of carbonyl (C=O) groups is 2. The summed E-state index contributed by atoms with van der Waals surface area (Å²) in [5.74, 6) is -2.81. The van der Waals surface area contributed by atoms with Crippen LogP contribution in [0.15, 0.2) is 60.8 Å². The second kappa shape index (κ2) is 10.9. The van der Waals surface area contributed by atoms with Gasteiger partial charge in [-0.05, 0) is 61.4 Å². The van der Waals surface area contributed by atoms with Crippen LogP contribution in [0.1, 0.15) is 34.5 Å². The number of benzene rings is 2. The van der Waals surface area contributed by atoms with Gasteiger partial charge in [-0.25, -0.2) is 13.8 Å². The average molecular weight is 629 g/mol. The SMILES string of the molecule is NC(=O)[C@]1(CF)COc2c1cc([C@@](O)(CNC(=O)c1cc(OC3CC3)c3ncccc3c1)C(F)(F)F)nc2-c1ccc(F)cc1. The molecule has 1 saturated carbocycles. The van der Waals surface area contributed by atoms with Crippen LogP contribution in [-0.4, -0.2) is 59.0 Å². The second-order valence-corrected chi connectivity index (χ2v) is 11.0. The van der Waals surface area contributed by atoms with Crippen LogP contribution in [0, 0.1) is 5.82 Å². The number of alkyl halides is 4. The normalized spacial score (nSPS) is 19.0. The molecule has 234 valence electrons. The number of hydrogen-bond acceptors (Lipinski definition) is 7. The number of primary amides is 1.